The predicted molar refractivity (Wildman–Crippen MR) is 71.5 cm³/mol. The number of hydrogen-bond acceptors (Lipinski definition) is 3. The average molecular weight is 250 g/mol. The van der Waals surface area contributed by atoms with E-state index < -0.39 is 5.60 Å². The molecular weight excluding hydrogens is 236 g/mol. The fourth-order valence-electron chi connectivity index (χ4n) is 2.28. The first kappa shape index (κ1) is 12.9. The first-order valence-electron chi connectivity index (χ1n) is 6.02. The van der Waals surface area contributed by atoms with Crippen molar-refractivity contribution >= 4 is 0 Å². The van der Waals surface area contributed by atoms with Crippen molar-refractivity contribution in [1.29, 1.82) is 10.5 Å². The summed E-state index contributed by atoms with van der Waals surface area (Å²) in [6.07, 6.45) is 0. The van der Waals surface area contributed by atoms with Crippen LogP contribution in [-0.4, -0.2) is 0 Å². The van der Waals surface area contributed by atoms with Crippen LogP contribution in [0.3, 0.4) is 0 Å². The Morgan fingerprint density at radius 3 is 2.21 bits per heavy atom. The molecule has 1 aromatic rings. The molecule has 0 fully saturated rings. The van der Waals surface area contributed by atoms with Gasteiger partial charge in [-0.2, -0.15) is 10.5 Å². The van der Waals surface area contributed by atoms with E-state index in [1.54, 1.807) is 0 Å². The van der Waals surface area contributed by atoms with Gasteiger partial charge in [-0.25, -0.2) is 0 Å². The molecule has 0 saturated heterocycles. The lowest BCUT2D eigenvalue weighted by atomic mass is 9.88. The van der Waals surface area contributed by atoms with E-state index in [2.05, 4.69) is 0 Å². The molecule has 1 aliphatic heterocycles. The molecule has 0 aromatic heterocycles. The fraction of sp³-hybridized carbons (Fsp3) is 0.250. The summed E-state index contributed by atoms with van der Waals surface area (Å²) in [5.41, 5.74) is 2.31. The third-order valence-electron chi connectivity index (χ3n) is 3.70. The van der Waals surface area contributed by atoms with Gasteiger partial charge in [-0.15, -0.1) is 0 Å². The van der Waals surface area contributed by atoms with Crippen molar-refractivity contribution in [3.05, 3.63) is 58.4 Å². The number of ether oxygens (including phenoxy) is 1. The first-order chi connectivity index (χ1) is 9.04. The molecule has 0 amide bonds. The van der Waals surface area contributed by atoms with Gasteiger partial charge in [0.15, 0.2) is 16.9 Å². The number of nitriles is 2. The lowest BCUT2D eigenvalue weighted by Gasteiger charge is -2.27. The Morgan fingerprint density at radius 1 is 1.11 bits per heavy atom. The third kappa shape index (κ3) is 1.90. The maximum Gasteiger partial charge on any atom is 0.171 e. The van der Waals surface area contributed by atoms with E-state index in [-0.39, 0.29) is 5.57 Å². The Labute approximate surface area is 113 Å². The zero-order chi connectivity index (χ0) is 14.0. The van der Waals surface area contributed by atoms with Gasteiger partial charge in [0.05, 0.1) is 0 Å². The molecule has 2 rings (SSSR count). The highest BCUT2D eigenvalue weighted by Crippen LogP contribution is 2.45. The van der Waals surface area contributed by atoms with Crippen molar-refractivity contribution in [2.24, 2.45) is 0 Å². The monoisotopic (exact) mass is 250 g/mol. The zero-order valence-corrected chi connectivity index (χ0v) is 11.2. The summed E-state index contributed by atoms with van der Waals surface area (Å²) < 4.78 is 5.96. The maximum absolute atomic E-state index is 9.00. The molecule has 1 aliphatic rings. The molecular formula is C16H14N2O. The van der Waals surface area contributed by atoms with E-state index in [0.717, 1.165) is 16.7 Å². The van der Waals surface area contributed by atoms with Gasteiger partial charge in [0, 0.05) is 0 Å². The quantitative estimate of drug-likeness (QED) is 0.716. The molecule has 19 heavy (non-hydrogen) atoms. The Bertz CT molecular complexity index is 640. The first-order valence-corrected chi connectivity index (χ1v) is 6.02. The van der Waals surface area contributed by atoms with Crippen molar-refractivity contribution in [3.8, 4) is 12.1 Å². The van der Waals surface area contributed by atoms with Crippen molar-refractivity contribution in [2.75, 3.05) is 0 Å². The molecule has 0 aliphatic carbocycles. The summed E-state index contributed by atoms with van der Waals surface area (Å²) in [7, 11) is 0. The van der Waals surface area contributed by atoms with Gasteiger partial charge < -0.3 is 4.74 Å². The van der Waals surface area contributed by atoms with Crippen LogP contribution in [0.2, 0.25) is 0 Å². The highest BCUT2D eigenvalue weighted by atomic mass is 16.5. The Hall–Kier alpha value is -2.52. The van der Waals surface area contributed by atoms with Gasteiger partial charge in [-0.3, -0.25) is 0 Å². The molecule has 1 unspecified atom stereocenters. The molecule has 1 aromatic carbocycles. The summed E-state index contributed by atoms with van der Waals surface area (Å²) in [4.78, 5) is 0. The fourth-order valence-corrected chi connectivity index (χ4v) is 2.28. The molecule has 0 radical (unpaired) electrons. The van der Waals surface area contributed by atoms with E-state index in [0.29, 0.717) is 5.76 Å². The molecule has 0 N–H and O–H groups in total. The molecule has 1 heterocycles. The van der Waals surface area contributed by atoms with Crippen molar-refractivity contribution in [2.45, 2.75) is 26.4 Å². The van der Waals surface area contributed by atoms with Gasteiger partial charge in [0.1, 0.15) is 12.1 Å². The number of hydrogen-bond donors (Lipinski definition) is 0. The number of nitrogens with zero attached hydrogens (tertiary/aromatic N) is 2. The van der Waals surface area contributed by atoms with Crippen LogP contribution in [0.5, 0.6) is 0 Å². The van der Waals surface area contributed by atoms with Crippen LogP contribution in [0.25, 0.3) is 0 Å². The topological polar surface area (TPSA) is 56.8 Å². The standard InChI is InChI=1S/C16H14N2O/c1-11-12(2)16(3,14-7-5-4-6-8-14)19-15(11)13(9-17)10-18/h4-8H,1-3H3. The van der Waals surface area contributed by atoms with Crippen molar-refractivity contribution in [3.63, 3.8) is 0 Å². The molecule has 0 bridgehead atoms. The molecule has 3 nitrogen and oxygen atoms in total. The summed E-state index contributed by atoms with van der Waals surface area (Å²) in [6, 6.07) is 13.6. The van der Waals surface area contributed by atoms with Gasteiger partial charge in [0.25, 0.3) is 0 Å². The van der Waals surface area contributed by atoms with Crippen LogP contribution in [0.4, 0.5) is 0 Å². The molecule has 1 atom stereocenters. The summed E-state index contributed by atoms with van der Waals surface area (Å²) in [5.74, 6) is 0.397. The Morgan fingerprint density at radius 2 is 1.68 bits per heavy atom. The minimum atomic E-state index is -0.611. The number of allylic oxidation sites excluding steroid dienone is 2. The summed E-state index contributed by atoms with van der Waals surface area (Å²) in [6.45, 7) is 5.82. The number of rotatable bonds is 1. The molecule has 3 heteroatoms. The summed E-state index contributed by atoms with van der Waals surface area (Å²) >= 11 is 0. The SMILES string of the molecule is CC1=C(C)C(C)(c2ccccc2)OC1=C(C#N)C#N. The van der Waals surface area contributed by atoms with Crippen LogP contribution in [0, 0.1) is 22.7 Å². The molecule has 94 valence electrons. The third-order valence-corrected chi connectivity index (χ3v) is 3.70. The zero-order valence-electron chi connectivity index (χ0n) is 11.2. The van der Waals surface area contributed by atoms with Crippen LogP contribution in [-0.2, 0) is 10.3 Å². The maximum atomic E-state index is 9.00. The van der Waals surface area contributed by atoms with E-state index in [1.807, 2.05) is 63.2 Å². The highest BCUT2D eigenvalue weighted by Gasteiger charge is 2.40. The highest BCUT2D eigenvalue weighted by molar-refractivity contribution is 5.53. The van der Waals surface area contributed by atoms with Crippen molar-refractivity contribution in [1.82, 2.24) is 0 Å². The van der Waals surface area contributed by atoms with Gasteiger partial charge in [-0.1, -0.05) is 30.3 Å². The van der Waals surface area contributed by atoms with Crippen LogP contribution in [0.1, 0.15) is 26.3 Å². The average Bonchev–Trinajstić information content (AvgIpc) is 2.67. The Kier molecular flexibility index (Phi) is 3.15. The van der Waals surface area contributed by atoms with E-state index >= 15 is 0 Å². The minimum Gasteiger partial charge on any atom is -0.476 e. The van der Waals surface area contributed by atoms with E-state index in [4.69, 9.17) is 15.3 Å². The van der Waals surface area contributed by atoms with Gasteiger partial charge in [-0.05, 0) is 37.5 Å². The van der Waals surface area contributed by atoms with Gasteiger partial charge >= 0.3 is 0 Å². The van der Waals surface area contributed by atoms with Crippen molar-refractivity contribution < 1.29 is 4.74 Å². The van der Waals surface area contributed by atoms with Crippen LogP contribution in [0.15, 0.2) is 52.8 Å². The lowest BCUT2D eigenvalue weighted by molar-refractivity contribution is 0.0726. The van der Waals surface area contributed by atoms with E-state index in [1.165, 1.54) is 0 Å². The smallest absolute Gasteiger partial charge is 0.171 e. The Balaban J connectivity index is 2.60. The largest absolute Gasteiger partial charge is 0.476 e. The molecule has 0 spiro atoms. The van der Waals surface area contributed by atoms with Gasteiger partial charge in [0.2, 0.25) is 0 Å². The van der Waals surface area contributed by atoms with Crippen LogP contribution < -0.4 is 0 Å². The van der Waals surface area contributed by atoms with Crippen LogP contribution >= 0.6 is 0 Å². The second kappa shape index (κ2) is 4.63. The van der Waals surface area contributed by atoms with E-state index in [9.17, 15) is 0 Å². The molecule has 0 saturated carbocycles. The second-order valence-electron chi connectivity index (χ2n) is 4.68. The normalized spacial score (nSPS) is 21.6. The lowest BCUT2D eigenvalue weighted by Crippen LogP contribution is -2.22. The predicted octanol–water partition coefficient (Wildman–Crippen LogP) is 3.57. The number of benzene rings is 1. The summed E-state index contributed by atoms with van der Waals surface area (Å²) in [5, 5.41) is 18.0. The second-order valence-corrected chi connectivity index (χ2v) is 4.68. The minimum absolute atomic E-state index is 0.0245.